The minimum Gasteiger partial charge on any atom is -0.383 e. The van der Waals surface area contributed by atoms with Gasteiger partial charge in [0.05, 0.1) is 11.1 Å². The van der Waals surface area contributed by atoms with Crippen molar-refractivity contribution in [3.63, 3.8) is 0 Å². The molecule has 0 saturated carbocycles. The van der Waals surface area contributed by atoms with Crippen LogP contribution in [0.4, 0.5) is 0 Å². The minimum absolute atomic E-state index is 0.0972. The highest BCUT2D eigenvalue weighted by Gasteiger charge is 2.34. The highest BCUT2D eigenvalue weighted by atomic mass is 16.3. The fourth-order valence-electron chi connectivity index (χ4n) is 1.75. The van der Waals surface area contributed by atoms with Crippen LogP contribution in [0.3, 0.4) is 0 Å². The van der Waals surface area contributed by atoms with Gasteiger partial charge >= 0.3 is 0 Å². The van der Waals surface area contributed by atoms with Crippen LogP contribution in [0.1, 0.15) is 62.3 Å². The van der Waals surface area contributed by atoms with E-state index in [1.807, 2.05) is 20.8 Å². The van der Waals surface area contributed by atoms with Crippen molar-refractivity contribution in [1.29, 1.82) is 0 Å². The zero-order valence-corrected chi connectivity index (χ0v) is 14.4. The molecule has 5 nitrogen and oxygen atoms in total. The first-order chi connectivity index (χ1) is 8.31. The van der Waals surface area contributed by atoms with Gasteiger partial charge in [0.1, 0.15) is 5.60 Å². The largest absolute Gasteiger partial charge is 0.383 e. The lowest BCUT2D eigenvalue weighted by molar-refractivity contribution is -0.138. The molecule has 0 unspecified atom stereocenters. The third-order valence-corrected chi connectivity index (χ3v) is 2.41. The number of nitrogens with two attached hydrogens (primary N) is 2. The van der Waals surface area contributed by atoms with Gasteiger partial charge in [-0.25, -0.2) is 0 Å². The van der Waals surface area contributed by atoms with Crippen LogP contribution in [0.2, 0.25) is 0 Å². The van der Waals surface area contributed by atoms with Gasteiger partial charge in [0.25, 0.3) is 0 Å². The molecule has 0 aliphatic rings. The quantitative estimate of drug-likeness (QED) is 0.728. The van der Waals surface area contributed by atoms with Crippen molar-refractivity contribution in [1.82, 2.24) is 0 Å². The first-order valence-corrected chi connectivity index (χ1v) is 6.71. The van der Waals surface area contributed by atoms with Gasteiger partial charge in [0.15, 0.2) is 11.6 Å². The van der Waals surface area contributed by atoms with Gasteiger partial charge in [-0.3, -0.25) is 9.59 Å². The lowest BCUT2D eigenvalue weighted by Crippen LogP contribution is -2.51. The van der Waals surface area contributed by atoms with Crippen molar-refractivity contribution >= 4 is 11.6 Å². The summed E-state index contributed by atoms with van der Waals surface area (Å²) in [6, 6.07) is 0. The Hall–Kier alpha value is -0.780. The van der Waals surface area contributed by atoms with Crippen molar-refractivity contribution < 1.29 is 14.7 Å². The third-order valence-electron chi connectivity index (χ3n) is 2.41. The lowest BCUT2D eigenvalue weighted by Gasteiger charge is -2.26. The molecule has 0 atom stereocenters. The molecule has 0 rings (SSSR count). The van der Waals surface area contributed by atoms with Crippen LogP contribution in [0.25, 0.3) is 0 Å². The van der Waals surface area contributed by atoms with Gasteiger partial charge in [-0.2, -0.15) is 0 Å². The van der Waals surface area contributed by atoms with Crippen molar-refractivity contribution in [3.8, 4) is 0 Å². The molecular weight excluding hydrogens is 256 g/mol. The maximum absolute atomic E-state index is 11.4. The van der Waals surface area contributed by atoms with E-state index in [9.17, 15) is 14.7 Å². The molecule has 0 heterocycles. The Morgan fingerprint density at radius 1 is 0.700 bits per heavy atom. The van der Waals surface area contributed by atoms with E-state index in [4.69, 9.17) is 11.5 Å². The van der Waals surface area contributed by atoms with E-state index in [1.165, 1.54) is 13.8 Å². The smallest absolute Gasteiger partial charge is 0.182 e. The number of carbonyl (C=O) groups excluding carboxylic acids is 2. The van der Waals surface area contributed by atoms with Crippen LogP contribution in [-0.4, -0.2) is 33.4 Å². The van der Waals surface area contributed by atoms with Gasteiger partial charge in [-0.1, -0.05) is 20.8 Å². The van der Waals surface area contributed by atoms with E-state index in [0.717, 1.165) is 0 Å². The zero-order chi connectivity index (χ0) is 17.2. The van der Waals surface area contributed by atoms with Gasteiger partial charge in [0.2, 0.25) is 0 Å². The van der Waals surface area contributed by atoms with E-state index < -0.39 is 16.7 Å². The SMILES string of the molecule is CC(C)(C)C(=O)C(C)(C)N.CC(C)(N)C(=O)C(C)(C)O. The Balaban J connectivity index is 0. The Labute approximate surface area is 123 Å². The molecule has 0 aromatic rings. The molecule has 0 spiro atoms. The number of carbonyl (C=O) groups is 2. The van der Waals surface area contributed by atoms with Crippen molar-refractivity contribution in [3.05, 3.63) is 0 Å². The molecule has 0 aliphatic heterocycles. The molecule has 0 bridgehead atoms. The summed E-state index contributed by atoms with van der Waals surface area (Å²) in [4.78, 5) is 22.5. The average molecular weight is 288 g/mol. The second kappa shape index (κ2) is 6.33. The summed E-state index contributed by atoms with van der Waals surface area (Å²) >= 11 is 0. The Bertz CT molecular complexity index is 279. The lowest BCUT2D eigenvalue weighted by atomic mass is 9.81. The standard InChI is InChI=1S/C8H17NO.C7H15NO2/c1-7(2,3)6(10)8(4,5)9;1-6(2,8)5(9)7(3,4)10/h9H2,1-5H3;10H,8H2,1-4H3. The Kier molecular flexibility index (Phi) is 6.81. The number of hydrogen-bond acceptors (Lipinski definition) is 5. The van der Waals surface area contributed by atoms with Gasteiger partial charge < -0.3 is 16.6 Å². The van der Waals surface area contributed by atoms with Crippen LogP contribution in [0, 0.1) is 5.41 Å². The number of rotatable bonds is 3. The van der Waals surface area contributed by atoms with Crippen LogP contribution in [0.15, 0.2) is 0 Å². The highest BCUT2D eigenvalue weighted by Crippen LogP contribution is 2.20. The normalized spacial score (nSPS) is 13.4. The van der Waals surface area contributed by atoms with E-state index in [-0.39, 0.29) is 17.0 Å². The summed E-state index contributed by atoms with van der Waals surface area (Å²) in [7, 11) is 0. The summed E-state index contributed by atoms with van der Waals surface area (Å²) < 4.78 is 0. The number of hydrogen-bond donors (Lipinski definition) is 3. The highest BCUT2D eigenvalue weighted by molar-refractivity contribution is 5.93. The Morgan fingerprint density at radius 3 is 0.950 bits per heavy atom. The van der Waals surface area contributed by atoms with Crippen LogP contribution in [0.5, 0.6) is 0 Å². The summed E-state index contributed by atoms with van der Waals surface area (Å²) in [5.41, 5.74) is 7.79. The maximum Gasteiger partial charge on any atom is 0.182 e. The molecule has 0 saturated heterocycles. The molecular formula is C15H32N2O3. The van der Waals surface area contributed by atoms with E-state index in [0.29, 0.717) is 0 Å². The van der Waals surface area contributed by atoms with Crippen molar-refractivity contribution in [2.45, 2.75) is 79.0 Å². The topological polar surface area (TPSA) is 106 Å². The molecule has 5 heteroatoms. The number of Topliss-reactive ketones (excluding diaryl/α,β-unsaturated/α-hetero) is 2. The average Bonchev–Trinajstić information content (AvgIpc) is 2.10. The van der Waals surface area contributed by atoms with Gasteiger partial charge in [-0.05, 0) is 41.5 Å². The number of ketones is 2. The molecule has 0 aliphatic carbocycles. The summed E-state index contributed by atoms with van der Waals surface area (Å²) in [5.74, 6) is -0.250. The Morgan fingerprint density at radius 2 is 0.950 bits per heavy atom. The van der Waals surface area contributed by atoms with Crippen molar-refractivity contribution in [2.24, 2.45) is 16.9 Å². The predicted molar refractivity (Wildman–Crippen MR) is 82.3 cm³/mol. The fourth-order valence-corrected chi connectivity index (χ4v) is 1.75. The van der Waals surface area contributed by atoms with Crippen LogP contribution >= 0.6 is 0 Å². The first kappa shape index (κ1) is 21.5. The molecule has 0 amide bonds. The maximum atomic E-state index is 11.4. The minimum atomic E-state index is -1.32. The molecule has 120 valence electrons. The van der Waals surface area contributed by atoms with Crippen molar-refractivity contribution in [2.75, 3.05) is 0 Å². The molecule has 0 fully saturated rings. The van der Waals surface area contributed by atoms with Gasteiger partial charge in [-0.15, -0.1) is 0 Å². The predicted octanol–water partition coefficient (Wildman–Crippen LogP) is 1.40. The fraction of sp³-hybridized carbons (Fsp3) is 0.867. The zero-order valence-electron chi connectivity index (χ0n) is 14.4. The molecule has 20 heavy (non-hydrogen) atoms. The van der Waals surface area contributed by atoms with Gasteiger partial charge in [0, 0.05) is 5.41 Å². The molecule has 0 aromatic heterocycles. The summed E-state index contributed by atoms with van der Waals surface area (Å²) in [5, 5.41) is 9.19. The third kappa shape index (κ3) is 8.40. The molecule has 0 radical (unpaired) electrons. The van der Waals surface area contributed by atoms with E-state index >= 15 is 0 Å². The second-order valence-corrected chi connectivity index (χ2v) is 7.91. The molecule has 0 aromatic carbocycles. The summed E-state index contributed by atoms with van der Waals surface area (Å²) in [6.45, 7) is 15.1. The second-order valence-electron chi connectivity index (χ2n) is 7.91. The molecule has 5 N–H and O–H groups in total. The van der Waals surface area contributed by atoms with Crippen LogP contribution in [-0.2, 0) is 9.59 Å². The summed E-state index contributed by atoms with van der Waals surface area (Å²) in [6.07, 6.45) is 0. The van der Waals surface area contributed by atoms with Crippen LogP contribution < -0.4 is 11.5 Å². The van der Waals surface area contributed by atoms with E-state index in [2.05, 4.69) is 0 Å². The monoisotopic (exact) mass is 288 g/mol. The number of aliphatic hydroxyl groups is 1. The first-order valence-electron chi connectivity index (χ1n) is 6.71. The van der Waals surface area contributed by atoms with E-state index in [1.54, 1.807) is 27.7 Å².